The van der Waals surface area contributed by atoms with Gasteiger partial charge in [0.25, 0.3) is 0 Å². The molecule has 1 aliphatic heterocycles. The highest BCUT2D eigenvalue weighted by Gasteiger charge is 2.33. The molecule has 0 radical (unpaired) electrons. The van der Waals surface area contributed by atoms with Gasteiger partial charge in [-0.2, -0.15) is 0 Å². The molecule has 2 heterocycles. The first-order valence-corrected chi connectivity index (χ1v) is 10.3. The molecule has 0 bridgehead atoms. The van der Waals surface area contributed by atoms with E-state index in [4.69, 9.17) is 5.21 Å². The first kappa shape index (κ1) is 16.2. The molecule has 118 valence electrons. The Balaban J connectivity index is 2.10. The van der Waals surface area contributed by atoms with Crippen molar-refractivity contribution in [2.24, 2.45) is 5.16 Å². The van der Waals surface area contributed by atoms with Crippen LogP contribution in [-0.2, 0) is 19.9 Å². The Kier molecular flexibility index (Phi) is 4.54. The zero-order valence-corrected chi connectivity index (χ0v) is 13.6. The van der Waals surface area contributed by atoms with Crippen molar-refractivity contribution in [3.05, 3.63) is 11.1 Å². The van der Waals surface area contributed by atoms with Gasteiger partial charge in [-0.1, -0.05) is 5.16 Å². The minimum Gasteiger partial charge on any atom is -0.411 e. The van der Waals surface area contributed by atoms with Gasteiger partial charge in [0.05, 0.1) is 16.8 Å². The molecule has 1 aromatic heterocycles. The number of sulfone groups is 1. The minimum absolute atomic E-state index is 0.0903. The first-order valence-electron chi connectivity index (χ1n) is 6.10. The second-order valence-electron chi connectivity index (χ2n) is 4.72. The lowest BCUT2D eigenvalue weighted by Crippen LogP contribution is -2.36. The number of thiazole rings is 1. The standard InChI is InChI=1S/C10H15N3O5S3/c1-7(12-14)9-6-19-10(11-9)13-21(17,18)8-2-4-20(15,16)5-3-8/h6,8,14H,2-5H2,1H3,(H,11,13). The Morgan fingerprint density at radius 1 is 1.48 bits per heavy atom. The van der Waals surface area contributed by atoms with Gasteiger partial charge in [0.1, 0.15) is 21.2 Å². The quantitative estimate of drug-likeness (QED) is 0.465. The fourth-order valence-electron chi connectivity index (χ4n) is 1.92. The third-order valence-corrected chi connectivity index (χ3v) is 7.62. The highest BCUT2D eigenvalue weighted by molar-refractivity contribution is 7.94. The number of hydrogen-bond donors (Lipinski definition) is 2. The van der Waals surface area contributed by atoms with E-state index in [1.54, 1.807) is 12.3 Å². The molecule has 0 spiro atoms. The molecule has 0 unspecified atom stereocenters. The van der Waals surface area contributed by atoms with Crippen LogP contribution in [0, 0.1) is 0 Å². The smallest absolute Gasteiger partial charge is 0.237 e. The third kappa shape index (κ3) is 3.92. The zero-order chi connectivity index (χ0) is 15.7. The number of nitrogens with one attached hydrogen (secondary N) is 1. The van der Waals surface area contributed by atoms with E-state index in [9.17, 15) is 16.8 Å². The van der Waals surface area contributed by atoms with Crippen LogP contribution in [0.2, 0.25) is 0 Å². The average Bonchev–Trinajstić information content (AvgIpc) is 2.85. The Bertz CT molecular complexity index is 737. The van der Waals surface area contributed by atoms with E-state index >= 15 is 0 Å². The van der Waals surface area contributed by atoms with Crippen LogP contribution in [-0.4, -0.2) is 49.5 Å². The molecule has 1 aromatic rings. The minimum atomic E-state index is -3.67. The molecule has 1 fully saturated rings. The lowest BCUT2D eigenvalue weighted by Gasteiger charge is -2.21. The first-order chi connectivity index (χ1) is 9.73. The van der Waals surface area contributed by atoms with Crippen molar-refractivity contribution in [2.75, 3.05) is 16.2 Å². The molecule has 1 saturated heterocycles. The van der Waals surface area contributed by atoms with E-state index in [0.29, 0.717) is 5.69 Å². The summed E-state index contributed by atoms with van der Waals surface area (Å²) >= 11 is 1.07. The lowest BCUT2D eigenvalue weighted by molar-refractivity contribution is 0.319. The molecule has 8 nitrogen and oxygen atoms in total. The molecule has 2 N–H and O–H groups in total. The third-order valence-electron chi connectivity index (χ3n) is 3.19. The highest BCUT2D eigenvalue weighted by atomic mass is 32.2. The summed E-state index contributed by atoms with van der Waals surface area (Å²) in [6.45, 7) is 1.54. The van der Waals surface area contributed by atoms with Gasteiger partial charge in [0, 0.05) is 5.38 Å². The number of hydrogen-bond acceptors (Lipinski definition) is 8. The van der Waals surface area contributed by atoms with Gasteiger partial charge < -0.3 is 5.21 Å². The predicted molar refractivity (Wildman–Crippen MR) is 80.3 cm³/mol. The van der Waals surface area contributed by atoms with E-state index in [2.05, 4.69) is 14.9 Å². The van der Waals surface area contributed by atoms with Gasteiger partial charge in [-0.3, -0.25) is 4.72 Å². The molecule has 21 heavy (non-hydrogen) atoms. The van der Waals surface area contributed by atoms with Gasteiger partial charge in [-0.15, -0.1) is 11.3 Å². The molecule has 0 aromatic carbocycles. The van der Waals surface area contributed by atoms with Crippen LogP contribution in [0.5, 0.6) is 0 Å². The summed E-state index contributed by atoms with van der Waals surface area (Å²) in [4.78, 5) is 4.01. The van der Waals surface area contributed by atoms with Gasteiger partial charge in [0.2, 0.25) is 10.0 Å². The summed E-state index contributed by atoms with van der Waals surface area (Å²) in [6.07, 6.45) is 0.181. The van der Waals surface area contributed by atoms with Crippen LogP contribution in [0.3, 0.4) is 0 Å². The molecule has 0 atom stereocenters. The van der Waals surface area contributed by atoms with Crippen molar-refractivity contribution in [3.63, 3.8) is 0 Å². The Morgan fingerprint density at radius 3 is 2.67 bits per heavy atom. The molecular formula is C10H15N3O5S3. The van der Waals surface area contributed by atoms with Crippen LogP contribution in [0.15, 0.2) is 10.5 Å². The summed E-state index contributed by atoms with van der Waals surface area (Å²) in [5.41, 5.74) is 0.659. The maximum absolute atomic E-state index is 12.2. The van der Waals surface area contributed by atoms with Crippen molar-refractivity contribution in [1.29, 1.82) is 0 Å². The van der Waals surface area contributed by atoms with E-state index in [1.165, 1.54) is 0 Å². The maximum Gasteiger partial charge on any atom is 0.237 e. The summed E-state index contributed by atoms with van der Waals surface area (Å²) in [6, 6.07) is 0. The Hall–Kier alpha value is -1.20. The fraction of sp³-hybridized carbons (Fsp3) is 0.600. The van der Waals surface area contributed by atoms with Gasteiger partial charge in [-0.05, 0) is 19.8 Å². The van der Waals surface area contributed by atoms with Crippen LogP contribution < -0.4 is 4.72 Å². The number of anilines is 1. The average molecular weight is 353 g/mol. The van der Waals surface area contributed by atoms with Gasteiger partial charge in [0.15, 0.2) is 5.13 Å². The summed E-state index contributed by atoms with van der Waals surface area (Å²) in [5, 5.41) is 12.6. The van der Waals surface area contributed by atoms with E-state index in [1.807, 2.05) is 0 Å². The number of nitrogens with zero attached hydrogens (tertiary/aromatic N) is 2. The van der Waals surface area contributed by atoms with Crippen LogP contribution >= 0.6 is 11.3 Å². The Labute approximate surface area is 126 Å². The van der Waals surface area contributed by atoms with Crippen molar-refractivity contribution >= 4 is 42.0 Å². The Morgan fingerprint density at radius 2 is 2.10 bits per heavy atom. The fourth-order valence-corrected chi connectivity index (χ4v) is 6.16. The topological polar surface area (TPSA) is 126 Å². The monoisotopic (exact) mass is 353 g/mol. The van der Waals surface area contributed by atoms with Crippen LogP contribution in [0.4, 0.5) is 5.13 Å². The van der Waals surface area contributed by atoms with E-state index < -0.39 is 25.1 Å². The number of rotatable bonds is 4. The zero-order valence-electron chi connectivity index (χ0n) is 11.2. The second kappa shape index (κ2) is 5.89. The van der Waals surface area contributed by atoms with E-state index in [0.717, 1.165) is 11.3 Å². The highest BCUT2D eigenvalue weighted by Crippen LogP contribution is 2.23. The number of sulfonamides is 1. The number of aromatic nitrogens is 1. The largest absolute Gasteiger partial charge is 0.411 e. The summed E-state index contributed by atoms with van der Waals surface area (Å²) in [5.74, 6) is -0.226. The van der Waals surface area contributed by atoms with Gasteiger partial charge >= 0.3 is 0 Å². The SMILES string of the molecule is CC(=NO)c1csc(NS(=O)(=O)C2CCS(=O)(=O)CC2)n1. The van der Waals surface area contributed by atoms with E-state index in [-0.39, 0.29) is 35.2 Å². The second-order valence-corrected chi connectivity index (χ2v) is 9.84. The summed E-state index contributed by atoms with van der Waals surface area (Å²) in [7, 11) is -6.78. The molecule has 0 saturated carbocycles. The molecule has 0 aliphatic carbocycles. The molecule has 11 heteroatoms. The predicted octanol–water partition coefficient (Wildman–Crippen LogP) is 0.660. The maximum atomic E-state index is 12.2. The van der Waals surface area contributed by atoms with Crippen molar-refractivity contribution in [2.45, 2.75) is 25.0 Å². The molecule has 2 rings (SSSR count). The molecule has 0 amide bonds. The van der Waals surface area contributed by atoms with Gasteiger partial charge in [-0.25, -0.2) is 21.8 Å². The van der Waals surface area contributed by atoms with Crippen molar-refractivity contribution < 1.29 is 22.0 Å². The molecular weight excluding hydrogens is 338 g/mol. The summed E-state index contributed by atoms with van der Waals surface area (Å²) < 4.78 is 49.4. The molecule has 1 aliphatic rings. The van der Waals surface area contributed by atoms with Crippen molar-refractivity contribution in [3.8, 4) is 0 Å². The van der Waals surface area contributed by atoms with Crippen LogP contribution in [0.25, 0.3) is 0 Å². The van der Waals surface area contributed by atoms with Crippen molar-refractivity contribution in [1.82, 2.24) is 4.98 Å². The lowest BCUT2D eigenvalue weighted by atomic mass is 10.2. The number of oxime groups is 1. The normalized spacial score (nSPS) is 20.3. The van der Waals surface area contributed by atoms with Crippen LogP contribution in [0.1, 0.15) is 25.5 Å².